The van der Waals surface area contributed by atoms with E-state index in [2.05, 4.69) is 19.1 Å². The van der Waals surface area contributed by atoms with Crippen LogP contribution in [0, 0.1) is 5.92 Å². The highest BCUT2D eigenvalue weighted by Gasteiger charge is 2.03. The Morgan fingerprint density at radius 3 is 2.87 bits per heavy atom. The minimum atomic E-state index is 0. The van der Waals surface area contributed by atoms with Crippen molar-refractivity contribution in [3.63, 3.8) is 0 Å². The van der Waals surface area contributed by atoms with Gasteiger partial charge in [-0.15, -0.1) is 0 Å². The van der Waals surface area contributed by atoms with Crippen LogP contribution in [0.1, 0.15) is 19.9 Å². The molecule has 2 nitrogen and oxygen atoms in total. The van der Waals surface area contributed by atoms with Crippen molar-refractivity contribution in [3.05, 3.63) is 36.1 Å². The second-order valence-electron chi connectivity index (χ2n) is 3.84. The lowest BCUT2D eigenvalue weighted by Crippen LogP contribution is -2.12. The molecule has 0 aliphatic carbocycles. The molecule has 2 N–H and O–H groups in total. The third-order valence-corrected chi connectivity index (χ3v) is 2.50. The van der Waals surface area contributed by atoms with Gasteiger partial charge in [-0.2, -0.15) is 0 Å². The van der Waals surface area contributed by atoms with Crippen LogP contribution in [0.15, 0.2) is 34.9 Å². The number of fused-ring (bicyclic) bond motifs is 1. The molecule has 2 heteroatoms. The number of benzene rings is 1. The molecule has 0 radical (unpaired) electrons. The topological polar surface area (TPSA) is 39.2 Å². The van der Waals surface area contributed by atoms with E-state index in [-0.39, 0.29) is 7.43 Å². The Balaban J connectivity index is 0.00000112. The van der Waals surface area contributed by atoms with Crippen molar-refractivity contribution in [1.82, 2.24) is 0 Å². The average Bonchev–Trinajstić information content (AvgIpc) is 2.64. The Morgan fingerprint density at radius 1 is 1.33 bits per heavy atom. The molecule has 0 amide bonds. The number of furan rings is 1. The van der Waals surface area contributed by atoms with Crippen LogP contribution in [0.25, 0.3) is 11.0 Å². The van der Waals surface area contributed by atoms with Crippen LogP contribution in [0.3, 0.4) is 0 Å². The molecule has 0 aliphatic rings. The summed E-state index contributed by atoms with van der Waals surface area (Å²) in [5.41, 5.74) is 7.88. The summed E-state index contributed by atoms with van der Waals surface area (Å²) in [5.74, 6) is 0.541. The van der Waals surface area contributed by atoms with Gasteiger partial charge in [0.05, 0.1) is 6.26 Å². The second-order valence-corrected chi connectivity index (χ2v) is 3.84. The van der Waals surface area contributed by atoms with E-state index < -0.39 is 0 Å². The minimum absolute atomic E-state index is 0. The van der Waals surface area contributed by atoms with Gasteiger partial charge >= 0.3 is 0 Å². The standard InChI is InChI=1S/C12H15NO.CH4/c1-9(8-13)6-10-2-3-12-11(7-10)4-5-14-12;/h2-5,7,9H,6,8,13H2,1H3;1H4. The highest BCUT2D eigenvalue weighted by molar-refractivity contribution is 5.77. The summed E-state index contributed by atoms with van der Waals surface area (Å²) >= 11 is 0. The zero-order valence-corrected chi connectivity index (χ0v) is 8.36. The molecule has 0 saturated carbocycles. The molecule has 1 atom stereocenters. The fourth-order valence-corrected chi connectivity index (χ4v) is 1.63. The average molecular weight is 205 g/mol. The van der Waals surface area contributed by atoms with Gasteiger partial charge in [-0.25, -0.2) is 0 Å². The van der Waals surface area contributed by atoms with Gasteiger partial charge < -0.3 is 10.2 Å². The lowest BCUT2D eigenvalue weighted by atomic mass is 10.0. The molecule has 0 aliphatic heterocycles. The summed E-state index contributed by atoms with van der Waals surface area (Å²) in [6, 6.07) is 8.29. The van der Waals surface area contributed by atoms with Crippen molar-refractivity contribution in [2.75, 3.05) is 6.54 Å². The van der Waals surface area contributed by atoms with Crippen LogP contribution in [-0.4, -0.2) is 6.54 Å². The summed E-state index contributed by atoms with van der Waals surface area (Å²) in [6.45, 7) is 2.91. The molecule has 1 heterocycles. The van der Waals surface area contributed by atoms with Crippen molar-refractivity contribution in [3.8, 4) is 0 Å². The Morgan fingerprint density at radius 2 is 2.13 bits per heavy atom. The lowest BCUT2D eigenvalue weighted by Gasteiger charge is -2.07. The molecule has 1 aromatic heterocycles. The first-order chi connectivity index (χ1) is 6.79. The zero-order valence-electron chi connectivity index (χ0n) is 8.36. The van der Waals surface area contributed by atoms with Gasteiger partial charge in [-0.1, -0.05) is 20.4 Å². The van der Waals surface area contributed by atoms with Gasteiger partial charge in [0.25, 0.3) is 0 Å². The molecule has 0 spiro atoms. The quantitative estimate of drug-likeness (QED) is 0.835. The number of hydrogen-bond donors (Lipinski definition) is 1. The number of hydrogen-bond acceptors (Lipinski definition) is 2. The first-order valence-corrected chi connectivity index (χ1v) is 4.96. The van der Waals surface area contributed by atoms with Crippen LogP contribution in [0.2, 0.25) is 0 Å². The molecule has 2 rings (SSSR count). The lowest BCUT2D eigenvalue weighted by molar-refractivity contribution is 0.592. The van der Waals surface area contributed by atoms with E-state index >= 15 is 0 Å². The van der Waals surface area contributed by atoms with Crippen molar-refractivity contribution in [2.24, 2.45) is 11.7 Å². The number of rotatable bonds is 3. The van der Waals surface area contributed by atoms with Crippen molar-refractivity contribution in [1.29, 1.82) is 0 Å². The first-order valence-electron chi connectivity index (χ1n) is 4.96. The summed E-state index contributed by atoms with van der Waals surface area (Å²) in [4.78, 5) is 0. The predicted molar refractivity (Wildman–Crippen MR) is 64.9 cm³/mol. The minimum Gasteiger partial charge on any atom is -0.464 e. The van der Waals surface area contributed by atoms with Crippen LogP contribution in [-0.2, 0) is 6.42 Å². The van der Waals surface area contributed by atoms with Gasteiger partial charge in [-0.05, 0) is 42.6 Å². The highest BCUT2D eigenvalue weighted by atomic mass is 16.3. The largest absolute Gasteiger partial charge is 0.464 e. The van der Waals surface area contributed by atoms with E-state index in [0.29, 0.717) is 5.92 Å². The van der Waals surface area contributed by atoms with E-state index in [1.54, 1.807) is 6.26 Å². The third kappa shape index (κ3) is 2.60. The van der Waals surface area contributed by atoms with Gasteiger partial charge in [-0.3, -0.25) is 0 Å². The third-order valence-electron chi connectivity index (χ3n) is 2.50. The summed E-state index contributed by atoms with van der Waals surface area (Å²) < 4.78 is 5.28. The Hall–Kier alpha value is -1.28. The maximum atomic E-state index is 5.59. The van der Waals surface area contributed by atoms with Gasteiger partial charge in [0.2, 0.25) is 0 Å². The normalized spacial score (nSPS) is 12.4. The maximum Gasteiger partial charge on any atom is 0.133 e. The summed E-state index contributed by atoms with van der Waals surface area (Å²) in [7, 11) is 0. The smallest absolute Gasteiger partial charge is 0.133 e. The maximum absolute atomic E-state index is 5.59. The molecule has 15 heavy (non-hydrogen) atoms. The molecular weight excluding hydrogens is 186 g/mol. The molecule has 2 aromatic rings. The highest BCUT2D eigenvalue weighted by Crippen LogP contribution is 2.18. The Kier molecular flexibility index (Phi) is 3.92. The monoisotopic (exact) mass is 205 g/mol. The van der Waals surface area contributed by atoms with Crippen LogP contribution < -0.4 is 5.73 Å². The van der Waals surface area contributed by atoms with E-state index in [0.717, 1.165) is 18.5 Å². The first kappa shape index (κ1) is 11.8. The fraction of sp³-hybridized carbons (Fsp3) is 0.385. The van der Waals surface area contributed by atoms with Crippen LogP contribution in [0.4, 0.5) is 0 Å². The van der Waals surface area contributed by atoms with Gasteiger partial charge in [0.15, 0.2) is 0 Å². The molecular formula is C13H19NO. The van der Waals surface area contributed by atoms with E-state index in [1.165, 1.54) is 10.9 Å². The van der Waals surface area contributed by atoms with E-state index in [1.807, 2.05) is 12.1 Å². The van der Waals surface area contributed by atoms with E-state index in [4.69, 9.17) is 10.2 Å². The van der Waals surface area contributed by atoms with Crippen LogP contribution in [0.5, 0.6) is 0 Å². The number of nitrogens with two attached hydrogens (primary N) is 1. The molecule has 82 valence electrons. The zero-order chi connectivity index (χ0) is 9.97. The summed E-state index contributed by atoms with van der Waals surface area (Å²) in [5, 5.41) is 1.17. The second kappa shape index (κ2) is 4.99. The molecule has 0 saturated heterocycles. The summed E-state index contributed by atoms with van der Waals surface area (Å²) in [6.07, 6.45) is 2.76. The Bertz CT molecular complexity index is 419. The van der Waals surface area contributed by atoms with Gasteiger partial charge in [0.1, 0.15) is 5.58 Å². The van der Waals surface area contributed by atoms with Crippen molar-refractivity contribution in [2.45, 2.75) is 20.8 Å². The molecule has 1 unspecified atom stereocenters. The SMILES string of the molecule is C.CC(CN)Cc1ccc2occc2c1. The fourth-order valence-electron chi connectivity index (χ4n) is 1.63. The Labute approximate surface area is 91.1 Å². The molecule has 0 fully saturated rings. The van der Waals surface area contributed by atoms with Crippen molar-refractivity contribution < 1.29 is 4.42 Å². The van der Waals surface area contributed by atoms with Crippen molar-refractivity contribution >= 4 is 11.0 Å². The van der Waals surface area contributed by atoms with Gasteiger partial charge in [0, 0.05) is 5.39 Å². The van der Waals surface area contributed by atoms with E-state index in [9.17, 15) is 0 Å². The predicted octanol–water partition coefficient (Wildman–Crippen LogP) is 3.21. The van der Waals surface area contributed by atoms with Crippen LogP contribution >= 0.6 is 0 Å². The molecule has 0 bridgehead atoms. The molecule has 1 aromatic carbocycles.